The fourth-order valence-corrected chi connectivity index (χ4v) is 2.48. The van der Waals surface area contributed by atoms with Crippen molar-refractivity contribution in [3.05, 3.63) is 43.8 Å². The highest BCUT2D eigenvalue weighted by molar-refractivity contribution is 9.10. The first kappa shape index (κ1) is 11.9. The molecule has 0 aliphatic carbocycles. The molecule has 0 aliphatic rings. The highest BCUT2D eigenvalue weighted by Crippen LogP contribution is 2.25. The van der Waals surface area contributed by atoms with Crippen molar-refractivity contribution in [2.75, 3.05) is 5.32 Å². The lowest BCUT2D eigenvalue weighted by Gasteiger charge is -2.05. The summed E-state index contributed by atoms with van der Waals surface area (Å²) in [4.78, 5) is 4.38. The highest BCUT2D eigenvalue weighted by Gasteiger charge is 2.01. The van der Waals surface area contributed by atoms with Gasteiger partial charge in [-0.1, -0.05) is 11.6 Å². The van der Waals surface area contributed by atoms with Crippen molar-refractivity contribution in [2.24, 2.45) is 0 Å². The van der Waals surface area contributed by atoms with Gasteiger partial charge in [0.05, 0.1) is 11.6 Å². The van der Waals surface area contributed by atoms with Crippen LogP contribution in [0.15, 0.2) is 28.1 Å². The molecule has 0 bridgehead atoms. The van der Waals surface area contributed by atoms with Gasteiger partial charge >= 0.3 is 0 Å². The van der Waals surface area contributed by atoms with Crippen LogP contribution in [0.25, 0.3) is 0 Å². The minimum absolute atomic E-state index is 0.718. The fourth-order valence-electron chi connectivity index (χ4n) is 1.27. The molecule has 2 nitrogen and oxygen atoms in total. The van der Waals surface area contributed by atoms with Crippen molar-refractivity contribution in [1.82, 2.24) is 4.98 Å². The Kier molecular flexibility index (Phi) is 3.84. The van der Waals surface area contributed by atoms with E-state index in [-0.39, 0.29) is 0 Å². The van der Waals surface area contributed by atoms with E-state index in [1.165, 1.54) is 0 Å². The van der Waals surface area contributed by atoms with E-state index in [1.807, 2.05) is 25.1 Å². The highest BCUT2D eigenvalue weighted by atomic mass is 79.9. The molecule has 0 atom stereocenters. The maximum absolute atomic E-state index is 5.92. The summed E-state index contributed by atoms with van der Waals surface area (Å²) in [5, 5.41) is 7.16. The summed E-state index contributed by atoms with van der Waals surface area (Å²) in [5.74, 6) is 0. The van der Waals surface area contributed by atoms with Gasteiger partial charge in [-0.2, -0.15) is 0 Å². The number of hydrogen-bond donors (Lipinski definition) is 1. The summed E-state index contributed by atoms with van der Waals surface area (Å²) < 4.78 is 0.898. The molecular formula is C11H10BrClN2S. The molecule has 0 radical (unpaired) electrons. The van der Waals surface area contributed by atoms with Crippen LogP contribution < -0.4 is 5.32 Å². The monoisotopic (exact) mass is 316 g/mol. The largest absolute Gasteiger partial charge is 0.378 e. The number of aryl methyl sites for hydroxylation is 1. The van der Waals surface area contributed by atoms with E-state index in [2.05, 4.69) is 31.6 Å². The van der Waals surface area contributed by atoms with Crippen LogP contribution >= 0.6 is 38.9 Å². The zero-order valence-electron chi connectivity index (χ0n) is 8.63. The molecule has 1 aromatic heterocycles. The molecule has 1 heterocycles. The van der Waals surface area contributed by atoms with Gasteiger partial charge in [0.25, 0.3) is 0 Å². The van der Waals surface area contributed by atoms with Crippen LogP contribution in [0.1, 0.15) is 10.7 Å². The molecule has 0 fully saturated rings. The van der Waals surface area contributed by atoms with E-state index in [1.54, 1.807) is 11.3 Å². The number of anilines is 1. The van der Waals surface area contributed by atoms with E-state index < -0.39 is 0 Å². The van der Waals surface area contributed by atoms with Crippen molar-refractivity contribution in [2.45, 2.75) is 13.5 Å². The third kappa shape index (κ3) is 2.97. The van der Waals surface area contributed by atoms with E-state index >= 15 is 0 Å². The SMILES string of the molecule is Cc1csc(CNc2ccc(Cl)c(Br)c2)n1. The molecule has 16 heavy (non-hydrogen) atoms. The second kappa shape index (κ2) is 5.17. The molecule has 84 valence electrons. The topological polar surface area (TPSA) is 24.9 Å². The quantitative estimate of drug-likeness (QED) is 0.903. The molecule has 0 saturated carbocycles. The van der Waals surface area contributed by atoms with Crippen LogP contribution in [0.2, 0.25) is 5.02 Å². The van der Waals surface area contributed by atoms with E-state index in [4.69, 9.17) is 11.6 Å². The lowest BCUT2D eigenvalue weighted by Crippen LogP contribution is -1.98. The Hall–Kier alpha value is -0.580. The molecule has 5 heteroatoms. The van der Waals surface area contributed by atoms with Crippen LogP contribution in [0.5, 0.6) is 0 Å². The van der Waals surface area contributed by atoms with Crippen LogP contribution in [-0.4, -0.2) is 4.98 Å². The third-order valence-corrected chi connectivity index (χ3v) is 4.21. The molecular weight excluding hydrogens is 308 g/mol. The van der Waals surface area contributed by atoms with Crippen LogP contribution in [0, 0.1) is 6.92 Å². The summed E-state index contributed by atoms with van der Waals surface area (Å²) in [7, 11) is 0. The van der Waals surface area contributed by atoms with Gasteiger partial charge in [-0.3, -0.25) is 0 Å². The van der Waals surface area contributed by atoms with Crippen molar-refractivity contribution < 1.29 is 0 Å². The van der Waals surface area contributed by atoms with Crippen molar-refractivity contribution in [3.8, 4) is 0 Å². The summed E-state index contributed by atoms with van der Waals surface area (Å²) in [6.07, 6.45) is 0. The molecule has 0 aliphatic heterocycles. The molecule has 2 aromatic rings. The summed E-state index contributed by atoms with van der Waals surface area (Å²) in [6, 6.07) is 5.78. The first-order valence-corrected chi connectivity index (χ1v) is 6.80. The molecule has 0 unspecified atom stereocenters. The first-order valence-electron chi connectivity index (χ1n) is 4.75. The van der Waals surface area contributed by atoms with Gasteiger partial charge in [0, 0.05) is 21.2 Å². The average Bonchev–Trinajstić information content (AvgIpc) is 2.66. The lowest BCUT2D eigenvalue weighted by molar-refractivity contribution is 1.08. The van der Waals surface area contributed by atoms with Crippen molar-refractivity contribution in [1.29, 1.82) is 0 Å². The summed E-state index contributed by atoms with van der Waals surface area (Å²) in [6.45, 7) is 2.74. The predicted molar refractivity (Wildman–Crippen MR) is 73.3 cm³/mol. The second-order valence-electron chi connectivity index (χ2n) is 3.37. The Morgan fingerprint density at radius 2 is 2.31 bits per heavy atom. The van der Waals surface area contributed by atoms with Crippen LogP contribution in [-0.2, 0) is 6.54 Å². The van der Waals surface area contributed by atoms with E-state index in [9.17, 15) is 0 Å². The summed E-state index contributed by atoms with van der Waals surface area (Å²) in [5.41, 5.74) is 2.10. The molecule has 0 spiro atoms. The number of thiazole rings is 1. The Morgan fingerprint density at radius 1 is 1.50 bits per heavy atom. The third-order valence-electron chi connectivity index (χ3n) is 2.03. The molecule has 1 N–H and O–H groups in total. The number of nitrogens with one attached hydrogen (secondary N) is 1. The average molecular weight is 318 g/mol. The molecule has 0 amide bonds. The second-order valence-corrected chi connectivity index (χ2v) is 5.57. The maximum atomic E-state index is 5.92. The van der Waals surface area contributed by atoms with Gasteiger partial charge in [-0.15, -0.1) is 11.3 Å². The minimum atomic E-state index is 0.718. The van der Waals surface area contributed by atoms with Crippen LogP contribution in [0.4, 0.5) is 5.69 Å². The van der Waals surface area contributed by atoms with Crippen LogP contribution in [0.3, 0.4) is 0 Å². The van der Waals surface area contributed by atoms with E-state index in [0.717, 1.165) is 32.4 Å². The van der Waals surface area contributed by atoms with Gasteiger partial charge in [-0.05, 0) is 41.1 Å². The van der Waals surface area contributed by atoms with Gasteiger partial charge in [0.1, 0.15) is 5.01 Å². The lowest BCUT2D eigenvalue weighted by atomic mass is 10.3. The standard InChI is InChI=1S/C11H10BrClN2S/c1-7-6-16-11(15-7)5-14-8-2-3-10(13)9(12)4-8/h2-4,6,14H,5H2,1H3. The smallest absolute Gasteiger partial charge is 0.112 e. The minimum Gasteiger partial charge on any atom is -0.378 e. The molecule has 2 rings (SSSR count). The normalized spacial score (nSPS) is 10.4. The van der Waals surface area contributed by atoms with Gasteiger partial charge < -0.3 is 5.32 Å². The molecule has 1 aromatic carbocycles. The Balaban J connectivity index is 2.02. The number of hydrogen-bond acceptors (Lipinski definition) is 3. The van der Waals surface area contributed by atoms with Gasteiger partial charge in [-0.25, -0.2) is 4.98 Å². The Labute approximate surface area is 112 Å². The number of nitrogens with zero attached hydrogens (tertiary/aromatic N) is 1. The van der Waals surface area contributed by atoms with Crippen molar-refractivity contribution >= 4 is 44.6 Å². The van der Waals surface area contributed by atoms with Crippen molar-refractivity contribution in [3.63, 3.8) is 0 Å². The Bertz CT molecular complexity index is 498. The Morgan fingerprint density at radius 3 is 2.94 bits per heavy atom. The van der Waals surface area contributed by atoms with Gasteiger partial charge in [0.2, 0.25) is 0 Å². The summed E-state index contributed by atoms with van der Waals surface area (Å²) >= 11 is 11.0. The number of rotatable bonds is 3. The first-order chi connectivity index (χ1) is 7.65. The van der Waals surface area contributed by atoms with Gasteiger partial charge in [0.15, 0.2) is 0 Å². The predicted octanol–water partition coefficient (Wildman–Crippen LogP) is 4.48. The number of benzene rings is 1. The number of halogens is 2. The fraction of sp³-hybridized carbons (Fsp3) is 0.182. The van der Waals surface area contributed by atoms with E-state index in [0.29, 0.717) is 0 Å². The zero-order valence-corrected chi connectivity index (χ0v) is 11.8. The maximum Gasteiger partial charge on any atom is 0.112 e. The zero-order chi connectivity index (χ0) is 11.5. The molecule has 0 saturated heterocycles. The number of aromatic nitrogens is 1.